The lowest BCUT2D eigenvalue weighted by molar-refractivity contribution is -0.123. The third kappa shape index (κ3) is 4.76. The number of ether oxygens (including phenoxy) is 1. The quantitative estimate of drug-likeness (QED) is 0.860. The molecule has 2 rings (SSSR count). The van der Waals surface area contributed by atoms with Gasteiger partial charge in [-0.25, -0.2) is 0 Å². The van der Waals surface area contributed by atoms with Crippen molar-refractivity contribution in [3.05, 3.63) is 53.6 Å². The zero-order valence-corrected chi connectivity index (χ0v) is 13.0. The number of rotatable bonds is 6. The summed E-state index contributed by atoms with van der Waals surface area (Å²) in [5, 5.41) is 12.1. The summed E-state index contributed by atoms with van der Waals surface area (Å²) in [6, 6.07) is 15.3. The summed E-state index contributed by atoms with van der Waals surface area (Å²) in [6.07, 6.45) is -0.585. The molecule has 1 unspecified atom stereocenters. The second-order valence-corrected chi connectivity index (χ2v) is 5.36. The first-order valence-electron chi connectivity index (χ1n) is 6.99. The van der Waals surface area contributed by atoms with Crippen LogP contribution in [0.4, 0.5) is 0 Å². The van der Waals surface area contributed by atoms with E-state index in [1.165, 1.54) is 0 Å². The second-order valence-electron chi connectivity index (χ2n) is 4.95. The number of benzene rings is 2. The van der Waals surface area contributed by atoms with Gasteiger partial charge in [-0.05, 0) is 30.2 Å². The number of aliphatic hydroxyl groups excluding tert-OH is 1. The molecule has 0 aromatic heterocycles. The Bertz CT molecular complexity index is 629. The predicted octanol–water partition coefficient (Wildman–Crippen LogP) is 2.88. The van der Waals surface area contributed by atoms with Gasteiger partial charge in [0.1, 0.15) is 5.75 Å². The van der Waals surface area contributed by atoms with Gasteiger partial charge in [-0.3, -0.25) is 4.79 Å². The minimum absolute atomic E-state index is 0.142. The fourth-order valence-electron chi connectivity index (χ4n) is 1.88. The molecule has 0 heterocycles. The Hall–Kier alpha value is -2.04. The van der Waals surface area contributed by atoms with Crippen molar-refractivity contribution in [2.45, 2.75) is 13.0 Å². The standard InChI is InChI=1S/C17H18ClNO3/c1-12(20)10-19-17(21)11-22-16-8-7-14(9-15(16)18)13-5-3-2-4-6-13/h2-9,12,20H,10-11H2,1H3,(H,19,21). The largest absolute Gasteiger partial charge is 0.482 e. The van der Waals surface area contributed by atoms with E-state index in [9.17, 15) is 4.79 Å². The van der Waals surface area contributed by atoms with Crippen LogP contribution >= 0.6 is 11.6 Å². The molecule has 4 nitrogen and oxygen atoms in total. The molecule has 22 heavy (non-hydrogen) atoms. The van der Waals surface area contributed by atoms with E-state index in [1.54, 1.807) is 19.1 Å². The molecule has 0 aliphatic carbocycles. The summed E-state index contributed by atoms with van der Waals surface area (Å²) in [4.78, 5) is 11.5. The van der Waals surface area contributed by atoms with Crippen LogP contribution in [0.3, 0.4) is 0 Å². The Labute approximate surface area is 134 Å². The smallest absolute Gasteiger partial charge is 0.258 e. The monoisotopic (exact) mass is 319 g/mol. The molecule has 1 amide bonds. The van der Waals surface area contributed by atoms with Crippen LogP contribution in [-0.2, 0) is 4.79 Å². The summed E-state index contributed by atoms with van der Waals surface area (Å²) in [5.41, 5.74) is 2.04. The van der Waals surface area contributed by atoms with E-state index < -0.39 is 6.10 Å². The van der Waals surface area contributed by atoms with Crippen molar-refractivity contribution in [2.24, 2.45) is 0 Å². The highest BCUT2D eigenvalue weighted by molar-refractivity contribution is 6.32. The van der Waals surface area contributed by atoms with Gasteiger partial charge in [0.25, 0.3) is 5.91 Å². The lowest BCUT2D eigenvalue weighted by atomic mass is 10.1. The first-order chi connectivity index (χ1) is 10.6. The van der Waals surface area contributed by atoms with Gasteiger partial charge >= 0.3 is 0 Å². The number of hydrogen-bond acceptors (Lipinski definition) is 3. The topological polar surface area (TPSA) is 58.6 Å². The summed E-state index contributed by atoms with van der Waals surface area (Å²) < 4.78 is 5.40. The lowest BCUT2D eigenvalue weighted by Crippen LogP contribution is -2.34. The molecular formula is C17H18ClNO3. The SMILES string of the molecule is CC(O)CNC(=O)COc1ccc(-c2ccccc2)cc1Cl. The molecule has 2 aromatic carbocycles. The van der Waals surface area contributed by atoms with E-state index in [0.717, 1.165) is 11.1 Å². The van der Waals surface area contributed by atoms with Crippen molar-refractivity contribution in [1.82, 2.24) is 5.32 Å². The molecule has 2 aromatic rings. The second kappa shape index (κ2) is 7.82. The van der Waals surface area contributed by atoms with E-state index in [-0.39, 0.29) is 19.1 Å². The van der Waals surface area contributed by atoms with Crippen LogP contribution in [0, 0.1) is 0 Å². The Morgan fingerprint density at radius 3 is 2.59 bits per heavy atom. The maximum atomic E-state index is 11.5. The highest BCUT2D eigenvalue weighted by atomic mass is 35.5. The maximum Gasteiger partial charge on any atom is 0.258 e. The zero-order chi connectivity index (χ0) is 15.9. The van der Waals surface area contributed by atoms with Gasteiger partial charge < -0.3 is 15.2 Å². The van der Waals surface area contributed by atoms with E-state index in [4.69, 9.17) is 21.4 Å². The van der Waals surface area contributed by atoms with Gasteiger partial charge in [-0.15, -0.1) is 0 Å². The predicted molar refractivity (Wildman–Crippen MR) is 87.1 cm³/mol. The van der Waals surface area contributed by atoms with Crippen molar-refractivity contribution in [3.8, 4) is 16.9 Å². The van der Waals surface area contributed by atoms with Crippen LogP contribution in [0.2, 0.25) is 5.02 Å². The molecule has 0 saturated heterocycles. The number of aliphatic hydroxyl groups is 1. The van der Waals surface area contributed by atoms with Gasteiger partial charge in [0, 0.05) is 6.54 Å². The molecular weight excluding hydrogens is 302 g/mol. The Kier molecular flexibility index (Phi) is 5.81. The number of carbonyl (C=O) groups excluding carboxylic acids is 1. The molecule has 0 aliphatic heterocycles. The summed E-state index contributed by atoms with van der Waals surface area (Å²) in [7, 11) is 0. The molecule has 116 valence electrons. The highest BCUT2D eigenvalue weighted by Crippen LogP contribution is 2.30. The van der Waals surface area contributed by atoms with Crippen molar-refractivity contribution in [3.63, 3.8) is 0 Å². The van der Waals surface area contributed by atoms with Crippen molar-refractivity contribution in [2.75, 3.05) is 13.2 Å². The summed E-state index contributed by atoms with van der Waals surface area (Å²) >= 11 is 6.19. The van der Waals surface area contributed by atoms with Crippen LogP contribution in [0.1, 0.15) is 6.92 Å². The number of hydrogen-bond donors (Lipinski definition) is 2. The Balaban J connectivity index is 1.97. The minimum Gasteiger partial charge on any atom is -0.482 e. The molecule has 2 N–H and O–H groups in total. The third-order valence-corrected chi connectivity index (χ3v) is 3.29. The molecule has 0 fully saturated rings. The van der Waals surface area contributed by atoms with Crippen LogP contribution < -0.4 is 10.1 Å². The number of halogens is 1. The fraction of sp³-hybridized carbons (Fsp3) is 0.235. The average molecular weight is 320 g/mol. The van der Waals surface area contributed by atoms with E-state index in [1.807, 2.05) is 36.4 Å². The maximum absolute atomic E-state index is 11.5. The Morgan fingerprint density at radius 1 is 1.23 bits per heavy atom. The highest BCUT2D eigenvalue weighted by Gasteiger charge is 2.08. The van der Waals surface area contributed by atoms with Crippen molar-refractivity contribution >= 4 is 17.5 Å². The van der Waals surface area contributed by atoms with Crippen LogP contribution in [0.15, 0.2) is 48.5 Å². The van der Waals surface area contributed by atoms with Crippen molar-refractivity contribution in [1.29, 1.82) is 0 Å². The minimum atomic E-state index is -0.585. The number of carbonyl (C=O) groups is 1. The zero-order valence-electron chi connectivity index (χ0n) is 12.3. The first kappa shape index (κ1) is 16.3. The van der Waals surface area contributed by atoms with Gasteiger partial charge in [0.05, 0.1) is 11.1 Å². The van der Waals surface area contributed by atoms with Crippen LogP contribution in [-0.4, -0.2) is 30.3 Å². The van der Waals surface area contributed by atoms with E-state index in [0.29, 0.717) is 10.8 Å². The van der Waals surface area contributed by atoms with Crippen molar-refractivity contribution < 1.29 is 14.6 Å². The third-order valence-electron chi connectivity index (χ3n) is 2.99. The lowest BCUT2D eigenvalue weighted by Gasteiger charge is -2.11. The molecule has 0 bridgehead atoms. The molecule has 1 atom stereocenters. The van der Waals surface area contributed by atoms with Gasteiger partial charge in [-0.2, -0.15) is 0 Å². The van der Waals surface area contributed by atoms with E-state index >= 15 is 0 Å². The molecule has 0 aliphatic rings. The van der Waals surface area contributed by atoms with Gasteiger partial charge in [0.15, 0.2) is 6.61 Å². The molecule has 0 spiro atoms. The van der Waals surface area contributed by atoms with Gasteiger partial charge in [-0.1, -0.05) is 48.0 Å². The van der Waals surface area contributed by atoms with Crippen LogP contribution in [0.25, 0.3) is 11.1 Å². The average Bonchev–Trinajstić information content (AvgIpc) is 2.52. The van der Waals surface area contributed by atoms with Gasteiger partial charge in [0.2, 0.25) is 0 Å². The molecule has 0 radical (unpaired) electrons. The first-order valence-corrected chi connectivity index (χ1v) is 7.36. The van der Waals surface area contributed by atoms with Crippen LogP contribution in [0.5, 0.6) is 5.75 Å². The Morgan fingerprint density at radius 2 is 1.95 bits per heavy atom. The summed E-state index contributed by atoms with van der Waals surface area (Å²) in [6.45, 7) is 1.65. The number of nitrogens with one attached hydrogen (secondary N) is 1. The fourth-order valence-corrected chi connectivity index (χ4v) is 2.12. The molecule has 5 heteroatoms. The summed E-state index contributed by atoms with van der Waals surface area (Å²) in [5.74, 6) is 0.151. The molecule has 0 saturated carbocycles. The normalized spacial score (nSPS) is 11.8. The van der Waals surface area contributed by atoms with E-state index in [2.05, 4.69) is 5.32 Å². The number of amides is 1.